The first-order valence-electron chi connectivity index (χ1n) is 12.3. The Morgan fingerprint density at radius 2 is 1.68 bits per heavy atom. The van der Waals surface area contributed by atoms with E-state index in [0.29, 0.717) is 38.1 Å². The predicted molar refractivity (Wildman–Crippen MR) is 134 cm³/mol. The second kappa shape index (κ2) is 11.7. The van der Waals surface area contributed by atoms with Gasteiger partial charge >= 0.3 is 12.1 Å². The van der Waals surface area contributed by atoms with Gasteiger partial charge in [0, 0.05) is 19.6 Å². The van der Waals surface area contributed by atoms with Crippen LogP contribution in [0.5, 0.6) is 5.75 Å². The Morgan fingerprint density at radius 1 is 1.00 bits per heavy atom. The number of para-hydroxylation sites is 1. The molecule has 2 saturated heterocycles. The number of nitrogens with one attached hydrogen (secondary N) is 1. The first kappa shape index (κ1) is 26.6. The van der Waals surface area contributed by atoms with E-state index in [2.05, 4.69) is 5.32 Å². The largest absolute Gasteiger partial charge is 0.467 e. The fourth-order valence-corrected chi connectivity index (χ4v) is 6.50. The molecular weight excluding hydrogens is 498 g/mol. The first-order valence-corrected chi connectivity index (χ1v) is 13.7. The number of likely N-dealkylation sites (tertiary alicyclic amines) is 1. The summed E-state index contributed by atoms with van der Waals surface area (Å²) in [6, 6.07) is 14.8. The van der Waals surface area contributed by atoms with Gasteiger partial charge in [-0.15, -0.1) is 0 Å². The summed E-state index contributed by atoms with van der Waals surface area (Å²) in [4.78, 5) is 39.9. The zero-order chi connectivity index (χ0) is 26.4. The number of hydrogen-bond donors (Lipinski definition) is 1. The molecule has 37 heavy (non-hydrogen) atoms. The minimum absolute atomic E-state index is 0.0690. The predicted octanol–water partition coefficient (Wildman–Crippen LogP) is 2.41. The number of benzene rings is 2. The molecule has 0 aromatic heterocycles. The molecule has 2 aliphatic heterocycles. The van der Waals surface area contributed by atoms with Crippen LogP contribution in [-0.2, 0) is 24.3 Å². The summed E-state index contributed by atoms with van der Waals surface area (Å²) in [5.41, 5.74) is 0. The van der Waals surface area contributed by atoms with Crippen LogP contribution < -0.4 is 10.1 Å². The first-order chi connectivity index (χ1) is 17.8. The third kappa shape index (κ3) is 6.28. The van der Waals surface area contributed by atoms with Gasteiger partial charge in [0.2, 0.25) is 15.9 Å². The number of nitrogens with zero attached hydrogens (tertiary/aromatic N) is 2. The molecule has 198 valence electrons. The van der Waals surface area contributed by atoms with E-state index in [0.717, 1.165) is 0 Å². The molecule has 0 spiro atoms. The smallest absolute Gasteiger partial charge is 0.415 e. The van der Waals surface area contributed by atoms with Crippen molar-refractivity contribution in [2.75, 3.05) is 26.7 Å². The maximum atomic E-state index is 13.2. The SMILES string of the molecule is COC(=O)C(CC1CCN(C(=O)Oc2ccccc2)C1)NC(=O)C1CCCN1S(=O)(=O)c1ccccc1. The van der Waals surface area contributed by atoms with Crippen LogP contribution in [0.2, 0.25) is 0 Å². The van der Waals surface area contributed by atoms with Crippen LogP contribution in [0, 0.1) is 5.92 Å². The minimum atomic E-state index is -3.86. The van der Waals surface area contributed by atoms with Crippen LogP contribution >= 0.6 is 0 Å². The Labute approximate surface area is 216 Å². The van der Waals surface area contributed by atoms with Crippen molar-refractivity contribution >= 4 is 28.0 Å². The third-order valence-electron chi connectivity index (χ3n) is 6.72. The van der Waals surface area contributed by atoms with E-state index in [1.165, 1.54) is 23.5 Å². The van der Waals surface area contributed by atoms with E-state index in [9.17, 15) is 22.8 Å². The van der Waals surface area contributed by atoms with Gasteiger partial charge in [-0.25, -0.2) is 18.0 Å². The molecule has 11 heteroatoms. The number of hydrogen-bond acceptors (Lipinski definition) is 7. The molecule has 4 rings (SSSR count). The number of sulfonamides is 1. The highest BCUT2D eigenvalue weighted by atomic mass is 32.2. The highest BCUT2D eigenvalue weighted by Crippen LogP contribution is 2.27. The van der Waals surface area contributed by atoms with Crippen molar-refractivity contribution in [1.82, 2.24) is 14.5 Å². The lowest BCUT2D eigenvalue weighted by atomic mass is 9.98. The van der Waals surface area contributed by atoms with E-state index in [-0.39, 0.29) is 23.8 Å². The number of ether oxygens (including phenoxy) is 2. The Kier molecular flexibility index (Phi) is 8.45. The third-order valence-corrected chi connectivity index (χ3v) is 8.64. The van der Waals surface area contributed by atoms with Crippen LogP contribution in [0.1, 0.15) is 25.7 Å². The molecule has 10 nitrogen and oxygen atoms in total. The number of rotatable bonds is 8. The van der Waals surface area contributed by atoms with Gasteiger partial charge in [0.15, 0.2) is 0 Å². The molecule has 2 aliphatic rings. The Hall–Kier alpha value is -3.44. The van der Waals surface area contributed by atoms with Gasteiger partial charge < -0.3 is 19.7 Å². The maximum Gasteiger partial charge on any atom is 0.415 e. The van der Waals surface area contributed by atoms with Gasteiger partial charge in [0.1, 0.15) is 17.8 Å². The van der Waals surface area contributed by atoms with E-state index in [1.54, 1.807) is 47.4 Å². The second-order valence-corrected chi connectivity index (χ2v) is 11.1. The lowest BCUT2D eigenvalue weighted by Gasteiger charge is -2.26. The van der Waals surface area contributed by atoms with Gasteiger partial charge in [-0.1, -0.05) is 36.4 Å². The molecule has 0 radical (unpaired) electrons. The monoisotopic (exact) mass is 529 g/mol. The summed E-state index contributed by atoms with van der Waals surface area (Å²) in [7, 11) is -2.62. The normalized spacial score (nSPS) is 20.8. The van der Waals surface area contributed by atoms with Crippen molar-refractivity contribution in [3.8, 4) is 5.75 Å². The summed E-state index contributed by atoms with van der Waals surface area (Å²) in [5.74, 6) is -0.775. The quantitative estimate of drug-likeness (QED) is 0.521. The highest BCUT2D eigenvalue weighted by molar-refractivity contribution is 7.89. The van der Waals surface area contributed by atoms with E-state index < -0.39 is 40.1 Å². The molecule has 0 bridgehead atoms. The molecule has 3 atom stereocenters. The highest BCUT2D eigenvalue weighted by Gasteiger charge is 2.41. The summed E-state index contributed by atoms with van der Waals surface area (Å²) in [5, 5.41) is 2.72. The number of esters is 1. The van der Waals surface area contributed by atoms with Crippen LogP contribution in [0.3, 0.4) is 0 Å². The lowest BCUT2D eigenvalue weighted by molar-refractivity contribution is -0.146. The second-order valence-electron chi connectivity index (χ2n) is 9.19. The molecule has 2 aromatic rings. The maximum absolute atomic E-state index is 13.2. The van der Waals surface area contributed by atoms with Crippen molar-refractivity contribution in [2.24, 2.45) is 5.92 Å². The molecule has 3 unspecified atom stereocenters. The van der Waals surface area contributed by atoms with Crippen molar-refractivity contribution in [2.45, 2.75) is 42.7 Å². The number of methoxy groups -OCH3 is 1. The van der Waals surface area contributed by atoms with Gasteiger partial charge in [0.25, 0.3) is 0 Å². The summed E-state index contributed by atoms with van der Waals surface area (Å²) < 4.78 is 37.8. The summed E-state index contributed by atoms with van der Waals surface area (Å²) in [6.07, 6.45) is 1.30. The summed E-state index contributed by atoms with van der Waals surface area (Å²) >= 11 is 0. The van der Waals surface area contributed by atoms with Crippen molar-refractivity contribution < 1.29 is 32.3 Å². The van der Waals surface area contributed by atoms with Crippen LogP contribution in [0.4, 0.5) is 4.79 Å². The zero-order valence-corrected chi connectivity index (χ0v) is 21.4. The van der Waals surface area contributed by atoms with Crippen molar-refractivity contribution in [3.05, 3.63) is 60.7 Å². The topological polar surface area (TPSA) is 122 Å². The fourth-order valence-electron chi connectivity index (χ4n) is 4.82. The van der Waals surface area contributed by atoms with Crippen LogP contribution in [-0.4, -0.2) is 74.4 Å². The van der Waals surface area contributed by atoms with Gasteiger partial charge in [-0.3, -0.25) is 4.79 Å². The molecule has 2 fully saturated rings. The number of amides is 2. The zero-order valence-electron chi connectivity index (χ0n) is 20.6. The van der Waals surface area contributed by atoms with E-state index in [4.69, 9.17) is 9.47 Å². The van der Waals surface area contributed by atoms with Gasteiger partial charge in [-0.2, -0.15) is 4.31 Å². The Bertz CT molecular complexity index is 1210. The van der Waals surface area contributed by atoms with Crippen molar-refractivity contribution in [3.63, 3.8) is 0 Å². The Balaban J connectivity index is 1.38. The van der Waals surface area contributed by atoms with E-state index in [1.807, 2.05) is 6.07 Å². The van der Waals surface area contributed by atoms with Crippen molar-refractivity contribution in [1.29, 1.82) is 0 Å². The van der Waals surface area contributed by atoms with Crippen LogP contribution in [0.25, 0.3) is 0 Å². The number of carbonyl (C=O) groups is 3. The molecule has 0 aliphatic carbocycles. The fraction of sp³-hybridized carbons (Fsp3) is 0.423. The molecule has 2 heterocycles. The van der Waals surface area contributed by atoms with Gasteiger partial charge in [-0.05, 0) is 55.9 Å². The molecular formula is C26H31N3O7S. The molecule has 2 aromatic carbocycles. The Morgan fingerprint density at radius 3 is 2.35 bits per heavy atom. The standard InChI is InChI=1S/C26H31N3O7S/c1-35-25(31)22(17-19-14-16-28(18-19)26(32)36-20-9-4-2-5-10-20)27-24(30)23-13-8-15-29(23)37(33,34)21-11-6-3-7-12-21/h2-7,9-12,19,22-23H,8,13-18H2,1H3,(H,27,30). The lowest BCUT2D eigenvalue weighted by Crippen LogP contribution is -2.51. The number of carbonyl (C=O) groups excluding carboxylic acids is 3. The minimum Gasteiger partial charge on any atom is -0.467 e. The summed E-state index contributed by atoms with van der Waals surface area (Å²) in [6.45, 7) is 1.05. The molecule has 2 amide bonds. The average Bonchev–Trinajstić information content (AvgIpc) is 3.60. The van der Waals surface area contributed by atoms with Gasteiger partial charge in [0.05, 0.1) is 12.0 Å². The average molecular weight is 530 g/mol. The molecule has 0 saturated carbocycles. The van der Waals surface area contributed by atoms with Crippen LogP contribution in [0.15, 0.2) is 65.6 Å². The molecule has 1 N–H and O–H groups in total. The van der Waals surface area contributed by atoms with E-state index >= 15 is 0 Å².